The number of hydrogen-bond donors (Lipinski definition) is 0. The molecule has 1 aromatic carbocycles. The molecule has 1 saturated carbocycles. The highest BCUT2D eigenvalue weighted by atomic mass is 16.5. The van der Waals surface area contributed by atoms with Crippen molar-refractivity contribution >= 4 is 17.7 Å². The Morgan fingerprint density at radius 1 is 1.14 bits per heavy atom. The van der Waals surface area contributed by atoms with E-state index in [1.165, 1.54) is 14.2 Å². The van der Waals surface area contributed by atoms with Crippen LogP contribution in [-0.4, -0.2) is 32.3 Å². The first kappa shape index (κ1) is 13.9. The number of ether oxygens (including phenoxy) is 2. The lowest BCUT2D eigenvalue weighted by Crippen LogP contribution is -2.40. The van der Waals surface area contributed by atoms with Gasteiger partial charge in [0.1, 0.15) is 0 Å². The number of fused-ring (bicyclic) bond motifs is 3. The Bertz CT molecular complexity index is 584. The molecule has 0 radical (unpaired) electrons. The number of anilines is 1. The topological polar surface area (TPSA) is 55.8 Å². The maximum Gasteiger partial charge on any atom is 0.414 e. The summed E-state index contributed by atoms with van der Waals surface area (Å²) >= 11 is 0. The summed E-state index contributed by atoms with van der Waals surface area (Å²) in [4.78, 5) is 25.6. The highest BCUT2D eigenvalue weighted by Gasteiger charge is 2.43. The predicted octanol–water partition coefficient (Wildman–Crippen LogP) is 3.09. The second-order valence-electron chi connectivity index (χ2n) is 5.56. The fourth-order valence-corrected chi connectivity index (χ4v) is 3.61. The third kappa shape index (κ3) is 2.17. The van der Waals surface area contributed by atoms with Crippen LogP contribution in [0.2, 0.25) is 0 Å². The number of carbonyl (C=O) groups is 2. The van der Waals surface area contributed by atoms with Gasteiger partial charge in [0.05, 0.1) is 25.5 Å². The number of carbonyl (C=O) groups excluding carboxylic acids is 2. The van der Waals surface area contributed by atoms with Gasteiger partial charge in [0.15, 0.2) is 0 Å². The smallest absolute Gasteiger partial charge is 0.414 e. The molecular weight excluding hydrogens is 270 g/mol. The van der Waals surface area contributed by atoms with Gasteiger partial charge in [-0.05, 0) is 36.6 Å². The van der Waals surface area contributed by atoms with Crippen LogP contribution in [0.5, 0.6) is 0 Å². The van der Waals surface area contributed by atoms with Crippen LogP contribution in [-0.2, 0) is 9.47 Å². The second-order valence-corrected chi connectivity index (χ2v) is 5.56. The lowest BCUT2D eigenvalue weighted by atomic mass is 9.82. The molecule has 5 heteroatoms. The molecule has 0 spiro atoms. The Labute approximate surface area is 123 Å². The van der Waals surface area contributed by atoms with E-state index in [-0.39, 0.29) is 24.0 Å². The van der Waals surface area contributed by atoms with Gasteiger partial charge >= 0.3 is 12.1 Å². The van der Waals surface area contributed by atoms with E-state index in [1.807, 2.05) is 12.1 Å². The minimum atomic E-state index is -0.346. The number of rotatable bonds is 1. The summed E-state index contributed by atoms with van der Waals surface area (Å²) in [5.74, 6) is -0.0564. The summed E-state index contributed by atoms with van der Waals surface area (Å²) < 4.78 is 9.72. The maximum absolute atomic E-state index is 12.1. The summed E-state index contributed by atoms with van der Waals surface area (Å²) in [7, 11) is 2.78. The third-order valence-corrected chi connectivity index (χ3v) is 4.54. The van der Waals surface area contributed by atoms with Gasteiger partial charge in [-0.2, -0.15) is 0 Å². The molecule has 0 N–H and O–H groups in total. The van der Waals surface area contributed by atoms with E-state index in [2.05, 4.69) is 0 Å². The molecule has 112 valence electrons. The van der Waals surface area contributed by atoms with Gasteiger partial charge in [-0.15, -0.1) is 0 Å². The fraction of sp³-hybridized carbons (Fsp3) is 0.500. The van der Waals surface area contributed by atoms with Crippen LogP contribution in [0.15, 0.2) is 18.2 Å². The monoisotopic (exact) mass is 289 g/mol. The average molecular weight is 289 g/mol. The average Bonchev–Trinajstić information content (AvgIpc) is 2.87. The number of hydrogen-bond acceptors (Lipinski definition) is 4. The van der Waals surface area contributed by atoms with Crippen LogP contribution in [0.25, 0.3) is 0 Å². The van der Waals surface area contributed by atoms with E-state index in [9.17, 15) is 9.59 Å². The van der Waals surface area contributed by atoms with Crippen molar-refractivity contribution in [2.45, 2.75) is 37.6 Å². The van der Waals surface area contributed by atoms with Crippen LogP contribution in [0.3, 0.4) is 0 Å². The Hall–Kier alpha value is -2.04. The Morgan fingerprint density at radius 2 is 1.90 bits per heavy atom. The van der Waals surface area contributed by atoms with Crippen LogP contribution in [0.1, 0.15) is 47.5 Å². The highest BCUT2D eigenvalue weighted by Crippen LogP contribution is 2.48. The number of benzene rings is 1. The van der Waals surface area contributed by atoms with E-state index in [4.69, 9.17) is 9.47 Å². The molecule has 2 atom stereocenters. The zero-order chi connectivity index (χ0) is 15.0. The Kier molecular flexibility index (Phi) is 3.57. The first-order chi connectivity index (χ1) is 10.2. The van der Waals surface area contributed by atoms with Crippen molar-refractivity contribution in [2.75, 3.05) is 19.1 Å². The van der Waals surface area contributed by atoms with E-state index in [0.717, 1.165) is 36.9 Å². The normalized spacial score (nSPS) is 23.2. The summed E-state index contributed by atoms with van der Waals surface area (Å²) in [5, 5.41) is 0. The molecule has 1 fully saturated rings. The van der Waals surface area contributed by atoms with Crippen molar-refractivity contribution in [3.05, 3.63) is 29.3 Å². The summed E-state index contributed by atoms with van der Waals surface area (Å²) in [6.07, 6.45) is 3.96. The SMILES string of the molecule is COC(=O)c1ccc2c(c1)[C@@H]1CCCC[C@H]1N2C(=O)OC. The van der Waals surface area contributed by atoms with Crippen LogP contribution < -0.4 is 4.90 Å². The number of esters is 1. The molecule has 1 aromatic rings. The molecule has 5 nitrogen and oxygen atoms in total. The van der Waals surface area contributed by atoms with E-state index in [1.54, 1.807) is 11.0 Å². The fourth-order valence-electron chi connectivity index (χ4n) is 3.61. The molecule has 1 heterocycles. The lowest BCUT2D eigenvalue weighted by molar-refractivity contribution is 0.0600. The zero-order valence-corrected chi connectivity index (χ0v) is 12.3. The van der Waals surface area contributed by atoms with Crippen molar-refractivity contribution in [3.8, 4) is 0 Å². The Morgan fingerprint density at radius 3 is 2.62 bits per heavy atom. The molecule has 0 unspecified atom stereocenters. The molecule has 0 aromatic heterocycles. The van der Waals surface area contributed by atoms with Crippen molar-refractivity contribution < 1.29 is 19.1 Å². The van der Waals surface area contributed by atoms with Gasteiger partial charge in [0.2, 0.25) is 0 Å². The molecule has 0 saturated heterocycles. The van der Waals surface area contributed by atoms with E-state index >= 15 is 0 Å². The van der Waals surface area contributed by atoms with Crippen LogP contribution in [0, 0.1) is 0 Å². The maximum atomic E-state index is 12.1. The van der Waals surface area contributed by atoms with E-state index < -0.39 is 0 Å². The van der Waals surface area contributed by atoms with Gasteiger partial charge in [-0.1, -0.05) is 12.8 Å². The van der Waals surface area contributed by atoms with Crippen molar-refractivity contribution in [1.82, 2.24) is 0 Å². The third-order valence-electron chi connectivity index (χ3n) is 4.54. The van der Waals surface area contributed by atoms with E-state index in [0.29, 0.717) is 5.56 Å². The Balaban J connectivity index is 2.05. The van der Waals surface area contributed by atoms with Crippen molar-refractivity contribution in [3.63, 3.8) is 0 Å². The van der Waals surface area contributed by atoms with Gasteiger partial charge in [-0.25, -0.2) is 9.59 Å². The number of methoxy groups -OCH3 is 2. The first-order valence-corrected chi connectivity index (χ1v) is 7.26. The largest absolute Gasteiger partial charge is 0.465 e. The van der Waals surface area contributed by atoms with Crippen molar-refractivity contribution in [1.29, 1.82) is 0 Å². The lowest BCUT2D eigenvalue weighted by Gasteiger charge is -2.31. The molecule has 1 aliphatic heterocycles. The molecule has 1 aliphatic carbocycles. The molecule has 2 aliphatic rings. The zero-order valence-electron chi connectivity index (χ0n) is 12.3. The molecule has 21 heavy (non-hydrogen) atoms. The quantitative estimate of drug-likeness (QED) is 0.745. The second kappa shape index (κ2) is 5.39. The molecule has 1 amide bonds. The summed E-state index contributed by atoms with van der Waals surface area (Å²) in [5.41, 5.74) is 2.46. The van der Waals surface area contributed by atoms with Crippen LogP contribution >= 0.6 is 0 Å². The number of nitrogens with zero attached hydrogens (tertiary/aromatic N) is 1. The molecule has 0 bridgehead atoms. The summed E-state index contributed by atoms with van der Waals surface area (Å²) in [6.45, 7) is 0. The predicted molar refractivity (Wildman–Crippen MR) is 77.7 cm³/mol. The highest BCUT2D eigenvalue weighted by molar-refractivity contribution is 5.95. The molecular formula is C16H19NO4. The molecule has 3 rings (SSSR count). The van der Waals surface area contributed by atoms with Gasteiger partial charge in [-0.3, -0.25) is 4.90 Å². The van der Waals surface area contributed by atoms with Crippen molar-refractivity contribution in [2.24, 2.45) is 0 Å². The van der Waals surface area contributed by atoms with Crippen LogP contribution in [0.4, 0.5) is 10.5 Å². The first-order valence-electron chi connectivity index (χ1n) is 7.26. The van der Waals surface area contributed by atoms with Gasteiger partial charge in [0, 0.05) is 12.0 Å². The van der Waals surface area contributed by atoms with Gasteiger partial charge in [0.25, 0.3) is 0 Å². The minimum Gasteiger partial charge on any atom is -0.465 e. The number of amides is 1. The summed E-state index contributed by atoms with van der Waals surface area (Å²) in [6, 6.07) is 5.55. The standard InChI is InChI=1S/C16H19NO4/c1-20-15(18)10-7-8-14-12(9-10)11-5-3-4-6-13(11)17(14)16(19)21-2/h7-9,11,13H,3-6H2,1-2H3/t11-,13+/m0/s1. The van der Waals surface area contributed by atoms with Gasteiger partial charge < -0.3 is 9.47 Å². The minimum absolute atomic E-state index is 0.147.